The van der Waals surface area contributed by atoms with Gasteiger partial charge in [-0.3, -0.25) is 4.18 Å². The minimum absolute atomic E-state index is 0.114. The Kier molecular flexibility index (Phi) is 18.2. The second-order valence-corrected chi connectivity index (χ2v) is 12.2. The lowest BCUT2D eigenvalue weighted by Gasteiger charge is -2.28. The summed E-state index contributed by atoms with van der Waals surface area (Å²) in [6.07, 6.45) is 2.87. The Morgan fingerprint density at radius 1 is 0.690 bits per heavy atom. The van der Waals surface area contributed by atoms with E-state index >= 15 is 0 Å². The predicted octanol–water partition coefficient (Wildman–Crippen LogP) is 8.86. The van der Waals surface area contributed by atoms with Crippen LogP contribution >= 0.6 is 0 Å². The summed E-state index contributed by atoms with van der Waals surface area (Å²) in [5.41, 5.74) is 0.963. The summed E-state index contributed by atoms with van der Waals surface area (Å²) in [6.45, 7) is 0.967. The molecule has 0 N–H and O–H groups in total. The van der Waals surface area contributed by atoms with E-state index < -0.39 is 40.7 Å². The number of unbranched alkanes of at least 4 members (excludes halogenated alkanes) is 12. The summed E-state index contributed by atoms with van der Waals surface area (Å²) in [6, 6.07) is 9.51. The molecular weight excluding hydrogens is 593 g/mol. The van der Waals surface area contributed by atoms with Crippen molar-refractivity contribution in [1.29, 1.82) is 0 Å². The van der Waals surface area contributed by atoms with E-state index in [2.05, 4.69) is 0 Å². The van der Waals surface area contributed by atoms with Gasteiger partial charge in [0.15, 0.2) is 0 Å². The second kappa shape index (κ2) is 19.8. The van der Waals surface area contributed by atoms with E-state index in [1.807, 2.05) is 30.3 Å². The lowest BCUT2D eigenvalue weighted by molar-refractivity contribution is -0.355. The van der Waals surface area contributed by atoms with E-state index in [1.165, 1.54) is 0 Å². The quantitative estimate of drug-likeness (QED) is 0.0608. The van der Waals surface area contributed by atoms with E-state index in [0.717, 1.165) is 76.0 Å². The van der Waals surface area contributed by atoms with Gasteiger partial charge in [0.1, 0.15) is 6.10 Å². The molecule has 0 bridgehead atoms. The first-order valence-corrected chi connectivity index (χ1v) is 16.4. The molecule has 1 rings (SSSR count). The van der Waals surface area contributed by atoms with E-state index in [1.54, 1.807) is 0 Å². The van der Waals surface area contributed by atoms with Gasteiger partial charge in [-0.15, -0.1) is 0 Å². The summed E-state index contributed by atoms with van der Waals surface area (Å²) in [7, 11) is -3.58. The van der Waals surface area contributed by atoms with Crippen LogP contribution in [-0.2, 0) is 30.4 Å². The third kappa shape index (κ3) is 17.0. The summed E-state index contributed by atoms with van der Waals surface area (Å²) in [5.74, 6) is -11.1. The molecule has 0 aromatic heterocycles. The van der Waals surface area contributed by atoms with Crippen molar-refractivity contribution in [1.82, 2.24) is 0 Å². The average Bonchev–Trinajstić information content (AvgIpc) is 2.90. The smallest absolute Gasteiger partial charge is 0.379 e. The van der Waals surface area contributed by atoms with Crippen molar-refractivity contribution in [2.24, 2.45) is 0 Å². The van der Waals surface area contributed by atoms with Crippen molar-refractivity contribution < 1.29 is 52.8 Å². The molecule has 0 saturated carbocycles. The Balaban J connectivity index is 2.00. The summed E-state index contributed by atoms with van der Waals surface area (Å²) >= 11 is 0. The van der Waals surface area contributed by atoms with Gasteiger partial charge >= 0.3 is 18.0 Å². The van der Waals surface area contributed by atoms with Gasteiger partial charge in [0, 0.05) is 13.0 Å². The van der Waals surface area contributed by atoms with E-state index in [4.69, 9.17) is 13.7 Å². The van der Waals surface area contributed by atoms with Crippen molar-refractivity contribution in [2.45, 2.75) is 121 Å². The second-order valence-electron chi connectivity index (χ2n) is 10.6. The van der Waals surface area contributed by atoms with E-state index in [9.17, 15) is 39.2 Å². The van der Waals surface area contributed by atoms with Crippen LogP contribution in [0, 0.1) is 0 Å². The Labute approximate surface area is 245 Å². The Hall–Kier alpha value is -1.44. The van der Waals surface area contributed by atoms with Gasteiger partial charge in [-0.05, 0) is 18.4 Å². The molecule has 1 unspecified atom stereocenters. The van der Waals surface area contributed by atoms with Gasteiger partial charge in [0.2, 0.25) is 0 Å². The standard InChI is InChI=1S/C29H45F7O5S/c1-42(37,38)41-24-26(40-22-25-18-14-13-15-19-25)23-39-21-17-12-10-8-6-4-2-3-5-7-9-11-16-20-27(30,31)28(32,33)29(34,35)36/h13-15,18-19,26H,2-12,16-17,20-24H2,1H3. The number of hydrogen-bond acceptors (Lipinski definition) is 5. The fraction of sp³-hybridized carbons (Fsp3) is 0.793. The third-order valence-electron chi connectivity index (χ3n) is 6.70. The normalized spacial score (nSPS) is 13.9. The molecule has 246 valence electrons. The highest BCUT2D eigenvalue weighted by Gasteiger charge is 2.72. The highest BCUT2D eigenvalue weighted by atomic mass is 32.2. The molecule has 0 spiro atoms. The van der Waals surface area contributed by atoms with Gasteiger partial charge in [0.05, 0.1) is 26.1 Å². The van der Waals surface area contributed by atoms with Crippen molar-refractivity contribution in [3.63, 3.8) is 0 Å². The molecular formula is C29H45F7O5S. The van der Waals surface area contributed by atoms with Crippen LogP contribution in [0.15, 0.2) is 30.3 Å². The SMILES string of the molecule is CS(=O)(=O)OCC(COCCCCCCCCCCCCCCCC(F)(F)C(F)(F)C(F)(F)F)OCc1ccccc1. The maximum Gasteiger partial charge on any atom is 0.459 e. The van der Waals surface area contributed by atoms with Gasteiger partial charge < -0.3 is 9.47 Å². The highest BCUT2D eigenvalue weighted by Crippen LogP contribution is 2.48. The van der Waals surface area contributed by atoms with Crippen LogP contribution < -0.4 is 0 Å². The molecule has 13 heteroatoms. The van der Waals surface area contributed by atoms with E-state index in [0.29, 0.717) is 19.6 Å². The fourth-order valence-corrected chi connectivity index (χ4v) is 4.61. The molecule has 0 radical (unpaired) electrons. The molecule has 0 heterocycles. The van der Waals surface area contributed by atoms with Crippen LogP contribution in [-0.4, -0.2) is 58.6 Å². The minimum Gasteiger partial charge on any atom is -0.379 e. The molecule has 1 atom stereocenters. The summed E-state index contributed by atoms with van der Waals surface area (Å²) in [5, 5.41) is 0. The van der Waals surface area contributed by atoms with Crippen LogP contribution in [0.25, 0.3) is 0 Å². The van der Waals surface area contributed by atoms with Gasteiger partial charge in [0.25, 0.3) is 10.1 Å². The maximum absolute atomic E-state index is 13.2. The summed E-state index contributed by atoms with van der Waals surface area (Å²) in [4.78, 5) is 0. The molecule has 0 saturated heterocycles. The van der Waals surface area contributed by atoms with Crippen molar-refractivity contribution >= 4 is 10.1 Å². The minimum atomic E-state index is -6.26. The number of benzene rings is 1. The first kappa shape index (κ1) is 38.6. The Morgan fingerprint density at radius 3 is 1.64 bits per heavy atom. The molecule has 0 amide bonds. The van der Waals surface area contributed by atoms with Gasteiger partial charge in [-0.2, -0.15) is 39.2 Å². The van der Waals surface area contributed by atoms with Gasteiger partial charge in [-0.1, -0.05) is 101 Å². The topological polar surface area (TPSA) is 61.8 Å². The van der Waals surface area contributed by atoms with Crippen LogP contribution in [0.2, 0.25) is 0 Å². The first-order chi connectivity index (χ1) is 19.7. The first-order valence-electron chi connectivity index (χ1n) is 14.6. The Bertz CT molecular complexity index is 928. The Morgan fingerprint density at radius 2 is 1.17 bits per heavy atom. The van der Waals surface area contributed by atoms with Crippen molar-refractivity contribution in [2.75, 3.05) is 26.1 Å². The highest BCUT2D eigenvalue weighted by molar-refractivity contribution is 7.85. The molecule has 0 fully saturated rings. The van der Waals surface area contributed by atoms with Crippen LogP contribution in [0.3, 0.4) is 0 Å². The van der Waals surface area contributed by atoms with E-state index in [-0.39, 0.29) is 26.1 Å². The molecule has 0 aliphatic carbocycles. The molecule has 0 aliphatic rings. The number of halogens is 7. The molecule has 1 aromatic rings. The van der Waals surface area contributed by atoms with Crippen LogP contribution in [0.5, 0.6) is 0 Å². The molecule has 0 aliphatic heterocycles. The number of ether oxygens (including phenoxy) is 2. The average molecular weight is 639 g/mol. The van der Waals surface area contributed by atoms with Crippen LogP contribution in [0.4, 0.5) is 30.7 Å². The fourth-order valence-electron chi connectivity index (χ4n) is 4.21. The zero-order valence-corrected chi connectivity index (χ0v) is 25.1. The number of alkyl halides is 7. The third-order valence-corrected chi connectivity index (χ3v) is 7.26. The monoisotopic (exact) mass is 638 g/mol. The molecule has 1 aromatic carbocycles. The number of rotatable bonds is 25. The molecule has 5 nitrogen and oxygen atoms in total. The lowest BCUT2D eigenvalue weighted by Crippen LogP contribution is -2.51. The zero-order valence-electron chi connectivity index (χ0n) is 24.3. The molecule has 42 heavy (non-hydrogen) atoms. The largest absolute Gasteiger partial charge is 0.459 e. The maximum atomic E-state index is 13.2. The summed E-state index contributed by atoms with van der Waals surface area (Å²) < 4.78 is 128. The van der Waals surface area contributed by atoms with Gasteiger partial charge in [-0.25, -0.2) is 0 Å². The zero-order chi connectivity index (χ0) is 31.5. The number of hydrogen-bond donors (Lipinski definition) is 0. The van der Waals surface area contributed by atoms with Crippen molar-refractivity contribution in [3.05, 3.63) is 35.9 Å². The van der Waals surface area contributed by atoms with Crippen molar-refractivity contribution in [3.8, 4) is 0 Å². The predicted molar refractivity (Wildman–Crippen MR) is 147 cm³/mol. The van der Waals surface area contributed by atoms with Crippen LogP contribution in [0.1, 0.15) is 95.5 Å². The lowest BCUT2D eigenvalue weighted by atomic mass is 10.0.